The van der Waals surface area contributed by atoms with Crippen LogP contribution in [0.1, 0.15) is 72.6 Å². The van der Waals surface area contributed by atoms with Gasteiger partial charge in [-0.05, 0) is 68.2 Å². The summed E-state index contributed by atoms with van der Waals surface area (Å²) in [6.07, 6.45) is -3.63. The number of thioether (sulfide) groups is 1. The number of carbonyl (C=O) groups excluding carboxylic acids is 1. The fraction of sp³-hybridized carbons (Fsp3) is 0.409. The minimum atomic E-state index is -4.82. The molecular weight excluding hydrogens is 815 g/mol. The first-order chi connectivity index (χ1) is 27.7. The number of ether oxygens (including phenoxy) is 1. The Morgan fingerprint density at radius 3 is 2.02 bits per heavy atom. The molecule has 5 aromatic rings. The van der Waals surface area contributed by atoms with Gasteiger partial charge in [-0.15, -0.1) is 11.8 Å². The molecule has 1 fully saturated rings. The van der Waals surface area contributed by atoms with Crippen molar-refractivity contribution in [1.29, 1.82) is 0 Å². The van der Waals surface area contributed by atoms with Crippen molar-refractivity contribution in [2.75, 3.05) is 30.3 Å². The first-order valence-electron chi connectivity index (χ1n) is 19.6. The molecule has 1 aliphatic rings. The highest BCUT2D eigenvalue weighted by Crippen LogP contribution is 2.46. The fourth-order valence-corrected chi connectivity index (χ4v) is 14.2. The largest absolute Gasteiger partial charge is 0.444 e. The lowest BCUT2D eigenvalue weighted by Gasteiger charge is -2.45. The number of anilines is 1. The fourth-order valence-electron chi connectivity index (χ4n) is 7.99. The molecule has 1 saturated heterocycles. The van der Waals surface area contributed by atoms with Crippen LogP contribution < -0.4 is 21.0 Å². The maximum Gasteiger partial charge on any atom is 0.417 e. The molecule has 59 heavy (non-hydrogen) atoms. The number of hydrogen-bond donors (Lipinski definition) is 1. The summed E-state index contributed by atoms with van der Waals surface area (Å²) < 4.78 is 57.6. The number of aromatic amines is 1. The van der Waals surface area contributed by atoms with Crippen LogP contribution in [-0.2, 0) is 15.3 Å². The summed E-state index contributed by atoms with van der Waals surface area (Å²) in [5, 5.41) is 1.42. The van der Waals surface area contributed by atoms with Gasteiger partial charge in [0.1, 0.15) is 11.4 Å². The summed E-state index contributed by atoms with van der Waals surface area (Å²) in [6, 6.07) is 26.1. The van der Waals surface area contributed by atoms with Crippen molar-refractivity contribution in [3.63, 3.8) is 0 Å². The number of hydrogen-bond acceptors (Lipinski definition) is 8. The van der Waals surface area contributed by atoms with E-state index in [-0.39, 0.29) is 52.1 Å². The second-order valence-electron chi connectivity index (χ2n) is 17.1. The van der Waals surface area contributed by atoms with Crippen molar-refractivity contribution in [3.8, 4) is 0 Å². The molecule has 3 aromatic carbocycles. The van der Waals surface area contributed by atoms with Crippen LogP contribution in [0.5, 0.6) is 0 Å². The summed E-state index contributed by atoms with van der Waals surface area (Å²) in [5.41, 5.74) is -1.66. The lowest BCUT2D eigenvalue weighted by molar-refractivity contribution is -0.137. The van der Waals surface area contributed by atoms with Crippen LogP contribution in [0.2, 0.25) is 10.1 Å². The van der Waals surface area contributed by atoms with E-state index < -0.39 is 60.5 Å². The van der Waals surface area contributed by atoms with Crippen LogP contribution >= 0.6 is 23.4 Å². The molecule has 0 radical (unpaired) electrons. The van der Waals surface area contributed by atoms with Gasteiger partial charge < -0.3 is 19.0 Å². The molecule has 6 rings (SSSR count). The van der Waals surface area contributed by atoms with Crippen molar-refractivity contribution in [1.82, 2.24) is 19.9 Å². The Morgan fingerprint density at radius 1 is 0.932 bits per heavy atom. The number of halogens is 4. The number of piperazine rings is 1. The second-order valence-corrected chi connectivity index (χ2v) is 22.8. The van der Waals surface area contributed by atoms with Crippen molar-refractivity contribution >= 4 is 64.9 Å². The van der Waals surface area contributed by atoms with Gasteiger partial charge in [0, 0.05) is 48.6 Å². The number of fused-ring (bicyclic) bond motifs is 1. The molecular formula is C44H51ClF3N5O4SSi. The zero-order valence-corrected chi connectivity index (χ0v) is 37.1. The smallest absolute Gasteiger partial charge is 0.417 e. The normalized spacial score (nSPS) is 17.3. The number of nitrogens with zero attached hydrogens (tertiary/aromatic N) is 4. The lowest BCUT2D eigenvalue weighted by atomic mass is 10.1. The summed E-state index contributed by atoms with van der Waals surface area (Å²) in [6.45, 7) is 16.1. The van der Waals surface area contributed by atoms with Crippen LogP contribution in [0.25, 0.3) is 10.9 Å². The number of pyridine rings is 1. The van der Waals surface area contributed by atoms with Crippen molar-refractivity contribution < 1.29 is 27.1 Å². The van der Waals surface area contributed by atoms with Gasteiger partial charge in [0.05, 0.1) is 33.1 Å². The van der Waals surface area contributed by atoms with Gasteiger partial charge in [0.2, 0.25) is 0 Å². The van der Waals surface area contributed by atoms with Crippen LogP contribution in [0, 0.1) is 0 Å². The van der Waals surface area contributed by atoms with Crippen LogP contribution in [0.15, 0.2) is 101 Å². The second kappa shape index (κ2) is 17.3. The molecule has 2 aromatic heterocycles. The van der Waals surface area contributed by atoms with E-state index >= 15 is 0 Å². The maximum absolute atomic E-state index is 14.9. The minimum absolute atomic E-state index is 0.0668. The molecule has 15 heteroatoms. The molecule has 1 amide bonds. The highest BCUT2D eigenvalue weighted by Gasteiger charge is 2.50. The summed E-state index contributed by atoms with van der Waals surface area (Å²) in [7, 11) is -3.02. The average Bonchev–Trinajstić information content (AvgIpc) is 3.15. The third-order valence-electron chi connectivity index (χ3n) is 10.5. The highest BCUT2D eigenvalue weighted by molar-refractivity contribution is 7.99. The molecule has 3 heterocycles. The molecule has 0 bridgehead atoms. The molecule has 9 nitrogen and oxygen atoms in total. The number of alkyl halides is 3. The Kier molecular flexibility index (Phi) is 13.0. The van der Waals surface area contributed by atoms with Crippen molar-refractivity contribution in [3.05, 3.63) is 118 Å². The molecule has 1 N–H and O–H groups in total. The number of aromatic nitrogens is 3. The average molecular weight is 867 g/mol. The van der Waals surface area contributed by atoms with Gasteiger partial charge >= 0.3 is 18.0 Å². The van der Waals surface area contributed by atoms with Gasteiger partial charge in [-0.25, -0.2) is 9.59 Å². The van der Waals surface area contributed by atoms with Gasteiger partial charge in [-0.3, -0.25) is 9.88 Å². The van der Waals surface area contributed by atoms with Crippen molar-refractivity contribution in [2.45, 2.75) is 95.1 Å². The predicted octanol–water partition coefficient (Wildman–Crippen LogP) is 9.28. The van der Waals surface area contributed by atoms with E-state index in [0.29, 0.717) is 5.69 Å². The summed E-state index contributed by atoms with van der Waals surface area (Å²) in [4.78, 5) is 41.6. The minimum Gasteiger partial charge on any atom is -0.444 e. The molecule has 314 valence electrons. The van der Waals surface area contributed by atoms with E-state index in [1.54, 1.807) is 36.8 Å². The van der Waals surface area contributed by atoms with Crippen LogP contribution in [0.4, 0.5) is 23.8 Å². The first-order valence-corrected chi connectivity index (χ1v) is 22.9. The Hall–Kier alpha value is -4.37. The Balaban J connectivity index is 1.41. The van der Waals surface area contributed by atoms with E-state index in [1.807, 2.05) is 68.4 Å². The predicted molar refractivity (Wildman–Crippen MR) is 233 cm³/mol. The Labute approximate surface area is 353 Å². The monoisotopic (exact) mass is 865 g/mol. The highest BCUT2D eigenvalue weighted by atomic mass is 35.5. The first kappa shape index (κ1) is 44.2. The number of benzene rings is 3. The Morgan fingerprint density at radius 2 is 1.51 bits per heavy atom. The van der Waals surface area contributed by atoms with E-state index in [1.165, 1.54) is 0 Å². The molecule has 1 aliphatic heterocycles. The number of carbonyl (C=O) groups is 1. The van der Waals surface area contributed by atoms with Crippen LogP contribution in [0.3, 0.4) is 0 Å². The number of H-pyrrole nitrogens is 1. The van der Waals surface area contributed by atoms with E-state index in [9.17, 15) is 22.8 Å². The van der Waals surface area contributed by atoms with E-state index in [2.05, 4.69) is 60.0 Å². The lowest BCUT2D eigenvalue weighted by Crippen LogP contribution is -2.66. The number of amides is 1. The van der Waals surface area contributed by atoms with Gasteiger partial charge in [0.15, 0.2) is 0 Å². The maximum atomic E-state index is 14.9. The van der Waals surface area contributed by atoms with E-state index in [4.69, 9.17) is 20.8 Å². The standard InChI is InChI=1S/C44H51ClF3N5O4SSi/c1-28-24-52(25-29(2)53(28)41(55)57-42(3,4)5)39-33-23-34(44(46,47)48)36(45)38(37(33)50-40(54)51-39)58-27-30(35-21-15-16-22-49-35)26-56-59(43(6,7)8,31-17-11-9-12-18-31)32-19-13-10-14-20-32/h9-23,28-30H,24-27H2,1-8H3,(H,50,51,54)/t28-,29+,30?. The third kappa shape index (κ3) is 9.51. The topological polar surface area (TPSA) is 101 Å². The zero-order valence-electron chi connectivity index (χ0n) is 34.6. The molecule has 0 aliphatic carbocycles. The number of nitrogens with one attached hydrogen (secondary N) is 1. The Bertz CT molecular complexity index is 2260. The summed E-state index contributed by atoms with van der Waals surface area (Å²) >= 11 is 7.83. The molecule has 3 atom stereocenters. The summed E-state index contributed by atoms with van der Waals surface area (Å²) in [5.74, 6) is -0.112. The molecule has 0 saturated carbocycles. The van der Waals surface area contributed by atoms with Crippen LogP contribution in [-0.4, -0.2) is 77.4 Å². The molecule has 1 unspecified atom stereocenters. The molecule has 0 spiro atoms. The van der Waals surface area contributed by atoms with Gasteiger partial charge in [-0.1, -0.05) is 99.1 Å². The SMILES string of the molecule is C[C@@H]1CN(c2nc(=O)[nH]c3c(SCC(CO[Si](c4ccccc4)(c4ccccc4)C(C)(C)C)c4ccccn4)c(Cl)c(C(F)(F)F)cc23)C[C@H](C)N1C(=O)OC(C)(C)C. The number of rotatable bonds is 10. The zero-order chi connectivity index (χ0) is 42.9. The quantitative estimate of drug-likeness (QED) is 0.110. The van der Waals surface area contributed by atoms with Gasteiger partial charge in [0.25, 0.3) is 8.32 Å². The van der Waals surface area contributed by atoms with E-state index in [0.717, 1.165) is 28.2 Å². The third-order valence-corrected chi connectivity index (χ3v) is 17.3. The van der Waals surface area contributed by atoms with Crippen molar-refractivity contribution in [2.24, 2.45) is 0 Å². The van der Waals surface area contributed by atoms with Gasteiger partial charge in [-0.2, -0.15) is 18.2 Å².